The van der Waals surface area contributed by atoms with Gasteiger partial charge in [-0.2, -0.15) is 0 Å². The molecule has 17 heavy (non-hydrogen) atoms. The van der Waals surface area contributed by atoms with E-state index in [4.69, 9.17) is 0 Å². The van der Waals surface area contributed by atoms with Crippen molar-refractivity contribution in [3.8, 4) is 0 Å². The largest absolute Gasteiger partial charge is 0.326 e. The highest BCUT2D eigenvalue weighted by Gasteiger charge is 2.04. The Morgan fingerprint density at radius 3 is 2.71 bits per heavy atom. The molecule has 3 nitrogen and oxygen atoms in total. The lowest BCUT2D eigenvalue weighted by Gasteiger charge is -2.08. The van der Waals surface area contributed by atoms with Crippen LogP contribution in [0, 0.1) is 6.92 Å². The van der Waals surface area contributed by atoms with Gasteiger partial charge in [-0.25, -0.2) is 0 Å². The minimum Gasteiger partial charge on any atom is -0.326 e. The molecule has 0 radical (unpaired) electrons. The zero-order valence-corrected chi connectivity index (χ0v) is 12.5. The summed E-state index contributed by atoms with van der Waals surface area (Å²) < 4.78 is 1.03. The van der Waals surface area contributed by atoms with Crippen LogP contribution in [-0.4, -0.2) is 19.5 Å². The average molecular weight is 322 g/mol. The highest BCUT2D eigenvalue weighted by Crippen LogP contribution is 2.20. The number of benzene rings is 1. The van der Waals surface area contributed by atoms with Crippen LogP contribution in [0.3, 0.4) is 0 Å². The second-order valence-corrected chi connectivity index (χ2v) is 4.63. The van der Waals surface area contributed by atoms with Crippen molar-refractivity contribution < 1.29 is 4.79 Å². The van der Waals surface area contributed by atoms with E-state index in [9.17, 15) is 4.79 Å². The Labute approximate surface area is 117 Å². The van der Waals surface area contributed by atoms with Crippen LogP contribution >= 0.6 is 28.3 Å². The van der Waals surface area contributed by atoms with Crippen molar-refractivity contribution >= 4 is 39.9 Å². The number of hydrogen-bond acceptors (Lipinski definition) is 2. The molecule has 5 heteroatoms. The van der Waals surface area contributed by atoms with Gasteiger partial charge in [0, 0.05) is 16.6 Å². The molecular weight excluding hydrogens is 304 g/mol. The Hall–Kier alpha value is -0.580. The fraction of sp³-hybridized carbons (Fsp3) is 0.417. The standard InChI is InChI=1S/C12H17BrN2O.ClH/c1-9-8-10(13)5-6-11(9)15-12(16)4-3-7-14-2;/h5-6,8,14H,3-4,7H2,1-2H3,(H,15,16);1H. The van der Waals surface area contributed by atoms with Crippen LogP contribution in [0.25, 0.3) is 0 Å². The zero-order valence-electron chi connectivity index (χ0n) is 10.0. The minimum absolute atomic E-state index is 0. The van der Waals surface area contributed by atoms with E-state index in [0.717, 1.165) is 28.7 Å². The van der Waals surface area contributed by atoms with E-state index in [1.54, 1.807) is 0 Å². The fourth-order valence-electron chi connectivity index (χ4n) is 1.41. The Balaban J connectivity index is 0.00000256. The summed E-state index contributed by atoms with van der Waals surface area (Å²) >= 11 is 3.39. The number of carbonyl (C=O) groups excluding carboxylic acids is 1. The normalized spacial score (nSPS) is 9.59. The van der Waals surface area contributed by atoms with E-state index in [1.807, 2.05) is 32.2 Å². The van der Waals surface area contributed by atoms with Gasteiger partial charge in [-0.3, -0.25) is 4.79 Å². The van der Waals surface area contributed by atoms with Gasteiger partial charge in [-0.05, 0) is 50.7 Å². The molecule has 0 aliphatic carbocycles. The zero-order chi connectivity index (χ0) is 12.0. The third-order valence-electron chi connectivity index (χ3n) is 2.29. The molecule has 0 aliphatic heterocycles. The molecule has 1 amide bonds. The van der Waals surface area contributed by atoms with E-state index in [-0.39, 0.29) is 18.3 Å². The number of nitrogens with one attached hydrogen (secondary N) is 2. The Morgan fingerprint density at radius 1 is 1.41 bits per heavy atom. The summed E-state index contributed by atoms with van der Waals surface area (Å²) in [5.41, 5.74) is 1.95. The van der Waals surface area contributed by atoms with Crippen molar-refractivity contribution in [2.45, 2.75) is 19.8 Å². The monoisotopic (exact) mass is 320 g/mol. The topological polar surface area (TPSA) is 41.1 Å². The maximum Gasteiger partial charge on any atom is 0.224 e. The van der Waals surface area contributed by atoms with Gasteiger partial charge in [0.15, 0.2) is 0 Å². The molecule has 96 valence electrons. The van der Waals surface area contributed by atoms with Crippen LogP contribution in [0.4, 0.5) is 5.69 Å². The van der Waals surface area contributed by atoms with Crippen molar-refractivity contribution in [2.75, 3.05) is 18.9 Å². The van der Waals surface area contributed by atoms with Crippen LogP contribution in [0.5, 0.6) is 0 Å². The molecule has 0 bridgehead atoms. The molecule has 0 aliphatic rings. The SMILES string of the molecule is CNCCCC(=O)Nc1ccc(Br)cc1C.Cl. The molecule has 1 aromatic carbocycles. The first-order valence-electron chi connectivity index (χ1n) is 5.34. The Morgan fingerprint density at radius 2 is 2.12 bits per heavy atom. The average Bonchev–Trinajstić information content (AvgIpc) is 2.23. The first-order chi connectivity index (χ1) is 7.63. The Kier molecular flexibility index (Phi) is 8.21. The number of amides is 1. The molecule has 0 saturated heterocycles. The van der Waals surface area contributed by atoms with Crippen molar-refractivity contribution in [2.24, 2.45) is 0 Å². The van der Waals surface area contributed by atoms with Gasteiger partial charge in [-0.15, -0.1) is 12.4 Å². The maximum absolute atomic E-state index is 11.6. The van der Waals surface area contributed by atoms with Gasteiger partial charge in [0.1, 0.15) is 0 Å². The molecule has 0 heterocycles. The van der Waals surface area contributed by atoms with E-state index in [0.29, 0.717) is 6.42 Å². The summed E-state index contributed by atoms with van der Waals surface area (Å²) in [5.74, 6) is 0.0701. The van der Waals surface area contributed by atoms with Crippen molar-refractivity contribution in [3.05, 3.63) is 28.2 Å². The predicted octanol–water partition coefficient (Wildman–Crippen LogP) is 3.12. The summed E-state index contributed by atoms with van der Waals surface area (Å²) in [6, 6.07) is 5.83. The summed E-state index contributed by atoms with van der Waals surface area (Å²) in [6.07, 6.45) is 1.41. The number of hydrogen-bond donors (Lipinski definition) is 2. The maximum atomic E-state index is 11.6. The summed E-state index contributed by atoms with van der Waals surface area (Å²) in [4.78, 5) is 11.6. The lowest BCUT2D eigenvalue weighted by atomic mass is 10.2. The Bertz CT molecular complexity index is 372. The highest BCUT2D eigenvalue weighted by atomic mass is 79.9. The molecule has 0 saturated carbocycles. The molecule has 0 unspecified atom stereocenters. The fourth-order valence-corrected chi connectivity index (χ4v) is 1.88. The first kappa shape index (κ1) is 16.4. The second-order valence-electron chi connectivity index (χ2n) is 3.71. The lowest BCUT2D eigenvalue weighted by Crippen LogP contribution is -2.15. The molecule has 1 aromatic rings. The van der Waals surface area contributed by atoms with Gasteiger partial charge >= 0.3 is 0 Å². The predicted molar refractivity (Wildman–Crippen MR) is 77.9 cm³/mol. The smallest absolute Gasteiger partial charge is 0.224 e. The number of carbonyl (C=O) groups is 1. The summed E-state index contributed by atoms with van der Waals surface area (Å²) in [6.45, 7) is 2.85. The van der Waals surface area contributed by atoms with Crippen LogP contribution in [-0.2, 0) is 4.79 Å². The lowest BCUT2D eigenvalue weighted by molar-refractivity contribution is -0.116. The summed E-state index contributed by atoms with van der Waals surface area (Å²) in [5, 5.41) is 5.93. The number of halogens is 2. The number of rotatable bonds is 5. The van der Waals surface area contributed by atoms with Gasteiger partial charge < -0.3 is 10.6 Å². The van der Waals surface area contributed by atoms with Gasteiger partial charge in [-0.1, -0.05) is 15.9 Å². The second kappa shape index (κ2) is 8.50. The molecule has 0 fully saturated rings. The van der Waals surface area contributed by atoms with Crippen molar-refractivity contribution in [3.63, 3.8) is 0 Å². The molecule has 0 atom stereocenters. The van der Waals surface area contributed by atoms with Crippen LogP contribution < -0.4 is 10.6 Å². The van der Waals surface area contributed by atoms with Gasteiger partial charge in [0.25, 0.3) is 0 Å². The quantitative estimate of drug-likeness (QED) is 0.818. The van der Waals surface area contributed by atoms with E-state index >= 15 is 0 Å². The first-order valence-corrected chi connectivity index (χ1v) is 6.13. The van der Waals surface area contributed by atoms with Crippen LogP contribution in [0.1, 0.15) is 18.4 Å². The molecule has 1 rings (SSSR count). The van der Waals surface area contributed by atoms with E-state index in [1.165, 1.54) is 0 Å². The molecule has 2 N–H and O–H groups in total. The van der Waals surface area contributed by atoms with Crippen molar-refractivity contribution in [1.82, 2.24) is 5.32 Å². The van der Waals surface area contributed by atoms with Gasteiger partial charge in [0.05, 0.1) is 0 Å². The van der Waals surface area contributed by atoms with Gasteiger partial charge in [0.2, 0.25) is 5.91 Å². The number of anilines is 1. The summed E-state index contributed by atoms with van der Waals surface area (Å²) in [7, 11) is 1.89. The molecular formula is C12H18BrClN2O. The number of aryl methyl sites for hydroxylation is 1. The van der Waals surface area contributed by atoms with Crippen molar-refractivity contribution in [1.29, 1.82) is 0 Å². The third-order valence-corrected chi connectivity index (χ3v) is 2.79. The highest BCUT2D eigenvalue weighted by molar-refractivity contribution is 9.10. The molecule has 0 aromatic heterocycles. The molecule has 0 spiro atoms. The third kappa shape index (κ3) is 6.05. The van der Waals surface area contributed by atoms with E-state index < -0.39 is 0 Å². The van der Waals surface area contributed by atoms with Crippen LogP contribution in [0.15, 0.2) is 22.7 Å². The van der Waals surface area contributed by atoms with E-state index in [2.05, 4.69) is 26.6 Å². The van der Waals surface area contributed by atoms with Crippen LogP contribution in [0.2, 0.25) is 0 Å². The minimum atomic E-state index is 0.